The molecule has 57 heavy (non-hydrogen) atoms. The fourth-order valence-corrected chi connectivity index (χ4v) is 16.1. The molecule has 4 nitrogen and oxygen atoms in total. The fraction of sp³-hybridized carbons (Fsp3) is 0.358. The second-order valence-electron chi connectivity index (χ2n) is 20.2. The molecule has 5 heterocycles. The molecule has 4 heteroatoms. The number of aromatic nitrogens is 3. The average molecular weight is 738 g/mol. The molecule has 5 fully saturated rings. The largest absolute Gasteiger partial charge is 0.455 e. The van der Waals surface area contributed by atoms with Crippen LogP contribution in [0.3, 0.4) is 0 Å². The first-order valence-electron chi connectivity index (χ1n) is 22.2. The third-order valence-electron chi connectivity index (χ3n) is 17.8. The Hall–Kier alpha value is -5.22. The first kappa shape index (κ1) is 29.9. The van der Waals surface area contributed by atoms with E-state index in [4.69, 9.17) is 14.4 Å². The lowest BCUT2D eigenvalue weighted by molar-refractivity contribution is 0.00321. The van der Waals surface area contributed by atoms with E-state index >= 15 is 0 Å². The lowest BCUT2D eigenvalue weighted by atomic mass is 9.56. The highest BCUT2D eigenvalue weighted by molar-refractivity contribution is 6.27. The van der Waals surface area contributed by atoms with Gasteiger partial charge in [0.25, 0.3) is 0 Å². The minimum atomic E-state index is 0.586. The summed E-state index contributed by atoms with van der Waals surface area (Å²) in [5.41, 5.74) is 17.5. The van der Waals surface area contributed by atoms with Gasteiger partial charge in [0.15, 0.2) is 0 Å². The monoisotopic (exact) mass is 737 g/mol. The number of para-hydroxylation sites is 1. The zero-order chi connectivity index (χ0) is 36.5. The number of benzene rings is 4. The molecule has 5 saturated carbocycles. The summed E-state index contributed by atoms with van der Waals surface area (Å²) in [6.07, 6.45) is 18.2. The molecule has 17 rings (SSSR count). The molecular weight excluding hydrogens is 695 g/mol. The van der Waals surface area contributed by atoms with Crippen LogP contribution in [0.2, 0.25) is 0 Å². The standard InChI is InChI=1S/C53H43N3O/c1-2-6-28(7-3-1)36-10-11-38-37-8-4-5-9-43(37)57-52(38)44(36)30-19-39-47-41(24-54-49-31-15-26-12-27(16-31)14-29(13-26)45(47)49)56-42-25-55-50-33-18-35-21-34-17-32(22-53(34,35)23-33)46(50)48(42)40(20-30)51(39)56/h1-11,19-20,24-27,29,31-35H,12-18,21-23H2. The van der Waals surface area contributed by atoms with Gasteiger partial charge >= 0.3 is 0 Å². The predicted octanol–water partition coefficient (Wildman–Crippen LogP) is 13.6. The maximum absolute atomic E-state index is 6.99. The number of fused-ring (bicyclic) bond motifs is 15. The number of nitrogens with zero attached hydrogens (tertiary/aromatic N) is 3. The molecule has 1 spiro atoms. The van der Waals surface area contributed by atoms with Gasteiger partial charge < -0.3 is 8.82 Å². The van der Waals surface area contributed by atoms with E-state index in [-0.39, 0.29) is 0 Å². The molecule has 0 N–H and O–H groups in total. The molecule has 5 aromatic heterocycles. The Kier molecular flexibility index (Phi) is 5.20. The van der Waals surface area contributed by atoms with Crippen LogP contribution in [-0.2, 0) is 0 Å². The van der Waals surface area contributed by atoms with Crippen molar-refractivity contribution in [2.75, 3.05) is 0 Å². The van der Waals surface area contributed by atoms with E-state index in [0.29, 0.717) is 29.1 Å². The summed E-state index contributed by atoms with van der Waals surface area (Å²) >= 11 is 0. The maximum Gasteiger partial charge on any atom is 0.143 e. The number of hydrogen-bond acceptors (Lipinski definition) is 3. The van der Waals surface area contributed by atoms with Gasteiger partial charge in [0.2, 0.25) is 0 Å². The van der Waals surface area contributed by atoms with Crippen molar-refractivity contribution in [3.8, 4) is 22.3 Å². The molecule has 8 aliphatic carbocycles. The van der Waals surface area contributed by atoms with E-state index in [1.807, 2.05) is 0 Å². The van der Waals surface area contributed by atoms with Gasteiger partial charge in [-0.05, 0) is 157 Å². The van der Waals surface area contributed by atoms with Crippen LogP contribution >= 0.6 is 0 Å². The average Bonchev–Trinajstić information content (AvgIpc) is 3.98. The quantitative estimate of drug-likeness (QED) is 0.177. The Bertz CT molecular complexity index is 3270. The van der Waals surface area contributed by atoms with Crippen LogP contribution < -0.4 is 0 Å². The predicted molar refractivity (Wildman–Crippen MR) is 228 cm³/mol. The molecule has 9 aromatic rings. The van der Waals surface area contributed by atoms with Crippen LogP contribution in [0.4, 0.5) is 0 Å². The number of hydrogen-bond donors (Lipinski definition) is 0. The third-order valence-corrected chi connectivity index (χ3v) is 17.8. The van der Waals surface area contributed by atoms with Crippen LogP contribution in [0.1, 0.15) is 110 Å². The molecule has 7 atom stereocenters. The molecule has 8 aliphatic rings. The minimum Gasteiger partial charge on any atom is -0.455 e. The fourth-order valence-electron chi connectivity index (χ4n) is 16.1. The second-order valence-corrected chi connectivity index (χ2v) is 20.2. The van der Waals surface area contributed by atoms with Gasteiger partial charge in [-0.3, -0.25) is 9.97 Å². The van der Waals surface area contributed by atoms with Crippen molar-refractivity contribution in [1.29, 1.82) is 0 Å². The van der Waals surface area contributed by atoms with Crippen molar-refractivity contribution in [3.05, 3.63) is 114 Å². The van der Waals surface area contributed by atoms with Gasteiger partial charge in [-0.15, -0.1) is 0 Å². The van der Waals surface area contributed by atoms with Crippen LogP contribution in [-0.4, -0.2) is 14.4 Å². The van der Waals surface area contributed by atoms with Crippen LogP contribution in [0, 0.1) is 29.1 Å². The highest BCUT2D eigenvalue weighted by atomic mass is 16.3. The first-order valence-corrected chi connectivity index (χ1v) is 22.2. The summed E-state index contributed by atoms with van der Waals surface area (Å²) in [5, 5.41) is 8.17. The van der Waals surface area contributed by atoms with Crippen molar-refractivity contribution in [3.63, 3.8) is 0 Å². The van der Waals surface area contributed by atoms with Gasteiger partial charge in [0.1, 0.15) is 11.2 Å². The van der Waals surface area contributed by atoms with Crippen LogP contribution in [0.5, 0.6) is 0 Å². The molecule has 0 amide bonds. The van der Waals surface area contributed by atoms with Crippen molar-refractivity contribution in [2.45, 2.75) is 87.9 Å². The summed E-state index contributed by atoms with van der Waals surface area (Å²) in [5.74, 6) is 5.95. The van der Waals surface area contributed by atoms with Gasteiger partial charge in [0.05, 0.1) is 28.9 Å². The Morgan fingerprint density at radius 2 is 1.23 bits per heavy atom. The summed E-state index contributed by atoms with van der Waals surface area (Å²) in [4.78, 5) is 11.1. The third kappa shape index (κ3) is 3.46. The highest BCUT2D eigenvalue weighted by Gasteiger charge is 2.66. The summed E-state index contributed by atoms with van der Waals surface area (Å²) < 4.78 is 9.63. The van der Waals surface area contributed by atoms with Crippen molar-refractivity contribution >= 4 is 60.0 Å². The van der Waals surface area contributed by atoms with E-state index in [9.17, 15) is 0 Å². The summed E-state index contributed by atoms with van der Waals surface area (Å²) in [6, 6.07) is 29.4. The zero-order valence-electron chi connectivity index (χ0n) is 32.1. The summed E-state index contributed by atoms with van der Waals surface area (Å²) in [7, 11) is 0. The van der Waals surface area contributed by atoms with Crippen LogP contribution in [0.25, 0.3) is 82.3 Å². The summed E-state index contributed by atoms with van der Waals surface area (Å²) in [6.45, 7) is 0. The minimum absolute atomic E-state index is 0.586. The number of rotatable bonds is 2. The Morgan fingerprint density at radius 1 is 0.561 bits per heavy atom. The van der Waals surface area contributed by atoms with E-state index < -0.39 is 0 Å². The molecule has 0 aliphatic heterocycles. The van der Waals surface area contributed by atoms with Crippen molar-refractivity contribution < 1.29 is 4.42 Å². The SMILES string of the molecule is c1ccc(-c2ccc3c(oc4ccccc43)c2-c2cc3c4c5c(ncc4n4c6cnc7c(c6c(c2)c34)C2CC3CC4CC7CC43C2)C2CC3CC(C2)CC5C3)cc1. The normalized spacial score (nSPS) is 31.6. The molecule has 276 valence electrons. The highest BCUT2D eigenvalue weighted by Crippen LogP contribution is 2.76. The molecule has 7 bridgehead atoms. The maximum atomic E-state index is 6.99. The molecule has 7 unspecified atom stereocenters. The van der Waals surface area contributed by atoms with Gasteiger partial charge in [-0.2, -0.15) is 0 Å². The Labute approximate surface area is 330 Å². The lowest BCUT2D eigenvalue weighted by Crippen LogP contribution is -2.41. The molecular formula is C53H43N3O. The lowest BCUT2D eigenvalue weighted by Gasteiger charge is -2.48. The van der Waals surface area contributed by atoms with Gasteiger partial charge in [-0.1, -0.05) is 54.6 Å². The zero-order valence-corrected chi connectivity index (χ0v) is 32.1. The van der Waals surface area contributed by atoms with Crippen molar-refractivity contribution in [1.82, 2.24) is 14.4 Å². The van der Waals surface area contributed by atoms with E-state index in [1.165, 1.54) is 147 Å². The second kappa shape index (κ2) is 9.89. The topological polar surface area (TPSA) is 43.3 Å². The van der Waals surface area contributed by atoms with Gasteiger partial charge in [0, 0.05) is 61.1 Å². The van der Waals surface area contributed by atoms with E-state index in [1.54, 1.807) is 11.1 Å². The Balaban J connectivity index is 1.09. The van der Waals surface area contributed by atoms with Crippen LogP contribution in [0.15, 0.2) is 95.7 Å². The molecule has 0 radical (unpaired) electrons. The van der Waals surface area contributed by atoms with E-state index in [2.05, 4.69) is 95.7 Å². The van der Waals surface area contributed by atoms with Crippen molar-refractivity contribution in [2.24, 2.45) is 29.1 Å². The smallest absolute Gasteiger partial charge is 0.143 e. The number of furan rings is 1. The van der Waals surface area contributed by atoms with E-state index in [0.717, 1.165) is 34.8 Å². The molecule has 4 aromatic carbocycles. The van der Waals surface area contributed by atoms with Gasteiger partial charge in [-0.25, -0.2) is 0 Å². The molecule has 0 saturated heterocycles. The first-order chi connectivity index (χ1) is 28.2. The number of pyridine rings is 2. The Morgan fingerprint density at radius 3 is 2.02 bits per heavy atom.